The highest BCUT2D eigenvalue weighted by atomic mass is 35.5. The van der Waals surface area contributed by atoms with Crippen LogP contribution < -0.4 is 10.6 Å². The predicted octanol–water partition coefficient (Wildman–Crippen LogP) is 6.22. The van der Waals surface area contributed by atoms with Crippen LogP contribution >= 0.6 is 11.6 Å². The molecule has 3 heterocycles. The van der Waals surface area contributed by atoms with Crippen LogP contribution in [0.25, 0.3) is 21.8 Å². The Morgan fingerprint density at radius 1 is 1.21 bits per heavy atom. The molecule has 3 N–H and O–H groups in total. The van der Waals surface area contributed by atoms with E-state index in [1.54, 1.807) is 6.20 Å². The number of halogens is 1. The predicted molar refractivity (Wildman–Crippen MR) is 149 cm³/mol. The molecule has 3 aromatic heterocycles. The summed E-state index contributed by atoms with van der Waals surface area (Å²) in [4.78, 5) is 4.50. The third kappa shape index (κ3) is 4.63. The molecule has 1 saturated carbocycles. The monoisotopic (exact) mass is 525 g/mol. The zero-order valence-electron chi connectivity index (χ0n) is 21.5. The van der Waals surface area contributed by atoms with Crippen LogP contribution in [0.2, 0.25) is 5.02 Å². The van der Waals surface area contributed by atoms with Crippen LogP contribution in [-0.4, -0.2) is 36.7 Å². The van der Waals surface area contributed by atoms with Gasteiger partial charge in [0.15, 0.2) is 0 Å². The third-order valence-electron chi connectivity index (χ3n) is 6.73. The lowest BCUT2D eigenvalue weighted by Crippen LogP contribution is -2.20. The summed E-state index contributed by atoms with van der Waals surface area (Å²) in [5.74, 6) is 0. The number of anilines is 2. The smallest absolute Gasteiger partial charge is 0.110 e. The van der Waals surface area contributed by atoms with Crippen LogP contribution in [0.3, 0.4) is 0 Å². The molecule has 1 unspecified atom stereocenters. The van der Waals surface area contributed by atoms with E-state index in [1.165, 1.54) is 0 Å². The number of benzene rings is 2. The molecule has 2 aromatic carbocycles. The molecular weight excluding hydrogens is 498 g/mol. The van der Waals surface area contributed by atoms with E-state index in [0.29, 0.717) is 28.7 Å². The van der Waals surface area contributed by atoms with Gasteiger partial charge in [-0.3, -0.25) is 10.1 Å². The first-order chi connectivity index (χ1) is 18.3. The quantitative estimate of drug-likeness (QED) is 0.230. The second-order valence-electron chi connectivity index (χ2n) is 11.0. The number of rotatable bonds is 7. The van der Waals surface area contributed by atoms with Crippen molar-refractivity contribution < 1.29 is 0 Å². The first-order valence-electron chi connectivity index (χ1n) is 12.7. The molecular formula is C28H28ClN9. The Morgan fingerprint density at radius 3 is 2.82 bits per heavy atom. The van der Waals surface area contributed by atoms with E-state index in [9.17, 15) is 5.26 Å². The van der Waals surface area contributed by atoms with Crippen molar-refractivity contribution in [3.8, 4) is 6.07 Å². The fourth-order valence-corrected chi connectivity index (χ4v) is 4.90. The second-order valence-corrected chi connectivity index (χ2v) is 11.4. The number of nitrogens with zero attached hydrogens (tertiary/aromatic N) is 6. The van der Waals surface area contributed by atoms with Gasteiger partial charge in [0, 0.05) is 29.2 Å². The maximum Gasteiger partial charge on any atom is 0.110 e. The number of aromatic nitrogens is 6. The van der Waals surface area contributed by atoms with Crippen LogP contribution in [0.1, 0.15) is 62.5 Å². The van der Waals surface area contributed by atoms with Gasteiger partial charge in [0.1, 0.15) is 11.8 Å². The SMILES string of the molecule is CC(C)(C)CNc1c(C#N)cnc2c(Cl)cc(NC(c3cn(C4CC4)nn3)c3cccc4[nH]ncc34)cc12. The fraction of sp³-hybridized carbons (Fsp3) is 0.321. The standard InChI is InChI=1S/C28H28ClN9/c1-28(2,3)15-32-25-16(11-30)12-31-26-20(25)9-17(10-22(26)29)34-27(24-14-38(37-36-24)18-7-8-18)19-5-4-6-23-21(19)13-33-35-23/h4-6,9-10,12-14,18,27,34H,7-8,15H2,1-3H3,(H,31,32)(H,33,35). The van der Waals surface area contributed by atoms with Gasteiger partial charge in [-0.2, -0.15) is 10.4 Å². The van der Waals surface area contributed by atoms with Gasteiger partial charge in [-0.25, -0.2) is 4.68 Å². The number of nitrogens with one attached hydrogen (secondary N) is 3. The number of fused-ring (bicyclic) bond motifs is 2. The summed E-state index contributed by atoms with van der Waals surface area (Å²) < 4.78 is 1.95. The minimum atomic E-state index is -0.310. The molecule has 1 fully saturated rings. The van der Waals surface area contributed by atoms with E-state index in [2.05, 4.69) is 69.0 Å². The molecule has 38 heavy (non-hydrogen) atoms. The maximum atomic E-state index is 9.82. The van der Waals surface area contributed by atoms with Crippen molar-refractivity contribution in [2.75, 3.05) is 17.2 Å². The Kier molecular flexibility index (Phi) is 5.92. The Bertz CT molecular complexity index is 1680. The first-order valence-corrected chi connectivity index (χ1v) is 13.0. The number of H-pyrrole nitrogens is 1. The highest BCUT2D eigenvalue weighted by molar-refractivity contribution is 6.35. The van der Waals surface area contributed by atoms with Crippen LogP contribution in [0.15, 0.2) is 48.9 Å². The van der Waals surface area contributed by atoms with Crippen LogP contribution in [0.5, 0.6) is 0 Å². The van der Waals surface area contributed by atoms with E-state index in [1.807, 2.05) is 41.3 Å². The van der Waals surface area contributed by atoms with Crippen molar-refractivity contribution in [3.63, 3.8) is 0 Å². The summed E-state index contributed by atoms with van der Waals surface area (Å²) in [6, 6.07) is 12.3. The summed E-state index contributed by atoms with van der Waals surface area (Å²) >= 11 is 6.77. The number of nitriles is 1. The summed E-state index contributed by atoms with van der Waals surface area (Å²) in [6.07, 6.45) is 7.66. The van der Waals surface area contributed by atoms with Crippen molar-refractivity contribution in [2.24, 2.45) is 5.41 Å². The van der Waals surface area contributed by atoms with Crippen LogP contribution in [0, 0.1) is 16.7 Å². The zero-order valence-corrected chi connectivity index (χ0v) is 22.2. The van der Waals surface area contributed by atoms with Gasteiger partial charge in [0.25, 0.3) is 0 Å². The zero-order chi connectivity index (χ0) is 26.4. The topological polar surface area (TPSA) is 120 Å². The molecule has 1 atom stereocenters. The lowest BCUT2D eigenvalue weighted by atomic mass is 9.96. The molecule has 0 radical (unpaired) electrons. The van der Waals surface area contributed by atoms with Gasteiger partial charge in [-0.15, -0.1) is 5.10 Å². The molecule has 9 nitrogen and oxygen atoms in total. The summed E-state index contributed by atoms with van der Waals surface area (Å²) in [5, 5.41) is 35.5. The average molecular weight is 526 g/mol. The van der Waals surface area contributed by atoms with Gasteiger partial charge in [0.2, 0.25) is 0 Å². The Labute approximate surface area is 225 Å². The van der Waals surface area contributed by atoms with Gasteiger partial charge in [-0.1, -0.05) is 49.7 Å². The van der Waals surface area contributed by atoms with E-state index in [-0.39, 0.29) is 11.5 Å². The molecule has 1 aliphatic rings. The molecule has 0 aliphatic heterocycles. The molecule has 0 saturated heterocycles. The first kappa shape index (κ1) is 24.2. The largest absolute Gasteiger partial charge is 0.383 e. The Balaban J connectivity index is 1.46. The van der Waals surface area contributed by atoms with E-state index in [0.717, 1.165) is 51.8 Å². The fourth-order valence-electron chi connectivity index (χ4n) is 4.63. The molecule has 0 amide bonds. The molecule has 192 valence electrons. The minimum absolute atomic E-state index is 0.0176. The highest BCUT2D eigenvalue weighted by Crippen LogP contribution is 2.38. The molecule has 10 heteroatoms. The number of aromatic amines is 1. The van der Waals surface area contributed by atoms with Crippen LogP contribution in [0.4, 0.5) is 11.4 Å². The number of hydrogen-bond acceptors (Lipinski definition) is 7. The minimum Gasteiger partial charge on any atom is -0.383 e. The van der Waals surface area contributed by atoms with Crippen molar-refractivity contribution in [3.05, 3.63) is 70.8 Å². The second kappa shape index (κ2) is 9.30. The number of hydrogen-bond donors (Lipinski definition) is 3. The highest BCUT2D eigenvalue weighted by Gasteiger charge is 2.28. The molecule has 0 spiro atoms. The Morgan fingerprint density at radius 2 is 2.05 bits per heavy atom. The van der Waals surface area contributed by atoms with Gasteiger partial charge in [0.05, 0.1) is 51.8 Å². The van der Waals surface area contributed by atoms with E-state index < -0.39 is 0 Å². The number of pyridine rings is 1. The maximum absolute atomic E-state index is 9.82. The van der Waals surface area contributed by atoms with Gasteiger partial charge >= 0.3 is 0 Å². The van der Waals surface area contributed by atoms with Crippen molar-refractivity contribution in [1.82, 2.24) is 30.2 Å². The normalized spacial score (nSPS) is 14.5. The van der Waals surface area contributed by atoms with E-state index in [4.69, 9.17) is 11.6 Å². The molecule has 6 rings (SSSR count). The molecule has 1 aliphatic carbocycles. The lowest BCUT2D eigenvalue weighted by Gasteiger charge is -2.22. The molecule has 5 aromatic rings. The van der Waals surface area contributed by atoms with Gasteiger partial charge < -0.3 is 10.6 Å². The third-order valence-corrected chi connectivity index (χ3v) is 7.01. The van der Waals surface area contributed by atoms with Crippen molar-refractivity contribution in [2.45, 2.75) is 45.7 Å². The Hall–Kier alpha value is -4.16. The summed E-state index contributed by atoms with van der Waals surface area (Å²) in [6.45, 7) is 7.12. The van der Waals surface area contributed by atoms with Crippen molar-refractivity contribution >= 4 is 44.8 Å². The molecule has 0 bridgehead atoms. The van der Waals surface area contributed by atoms with Crippen molar-refractivity contribution in [1.29, 1.82) is 5.26 Å². The lowest BCUT2D eigenvalue weighted by molar-refractivity contribution is 0.443. The van der Waals surface area contributed by atoms with Gasteiger partial charge in [-0.05, 0) is 42.0 Å². The summed E-state index contributed by atoms with van der Waals surface area (Å²) in [5.41, 5.74) is 5.40. The van der Waals surface area contributed by atoms with E-state index >= 15 is 0 Å². The average Bonchev–Trinajstić information content (AvgIpc) is 3.41. The van der Waals surface area contributed by atoms with Crippen LogP contribution in [-0.2, 0) is 0 Å². The summed E-state index contributed by atoms with van der Waals surface area (Å²) in [7, 11) is 0.